The molecule has 1 aliphatic heterocycles. The average Bonchev–Trinajstić information content (AvgIpc) is 3.60. The van der Waals surface area contributed by atoms with Crippen LogP contribution >= 0.6 is 0 Å². The molecule has 1 saturated carbocycles. The lowest BCUT2D eigenvalue weighted by Gasteiger charge is -2.34. The molecule has 5 atom stereocenters. The van der Waals surface area contributed by atoms with Crippen molar-refractivity contribution in [3.63, 3.8) is 0 Å². The van der Waals surface area contributed by atoms with Gasteiger partial charge in [0.1, 0.15) is 12.1 Å². The maximum absolute atomic E-state index is 14.6. The number of alkyl carbamates (subject to hydrolysis) is 1. The van der Waals surface area contributed by atoms with Crippen molar-refractivity contribution in [2.75, 3.05) is 13.2 Å². The van der Waals surface area contributed by atoms with Crippen LogP contribution in [0.4, 0.5) is 4.79 Å². The summed E-state index contributed by atoms with van der Waals surface area (Å²) < 4.78 is 11.7. The number of Topliss-reactive ketones (excluding diaryl/α,β-unsaturated/α-hetero) is 3. The zero-order valence-electron chi connectivity index (χ0n) is 34.0. The molecule has 4 rings (SSSR count). The predicted octanol–water partition coefficient (Wildman–Crippen LogP) is 5.18. The Kier molecular flexibility index (Phi) is 16.5. The van der Waals surface area contributed by atoms with Crippen molar-refractivity contribution in [3.05, 3.63) is 71.8 Å². The molecule has 2 aliphatic rings. The number of amides is 4. The average molecular weight is 789 g/mol. The monoisotopic (exact) mass is 788 g/mol. The number of hydrogen-bond acceptors (Lipinski definition) is 9. The van der Waals surface area contributed by atoms with Crippen molar-refractivity contribution in [2.45, 2.75) is 129 Å². The summed E-state index contributed by atoms with van der Waals surface area (Å²) in [7, 11) is 0. The normalized spacial score (nSPS) is 18.9. The molecular weight excluding hydrogens is 729 g/mol. The van der Waals surface area contributed by atoms with Crippen molar-refractivity contribution in [1.82, 2.24) is 15.5 Å². The number of ether oxygens (including phenoxy) is 2. The maximum Gasteiger partial charge on any atom is 0.407 e. The highest BCUT2D eigenvalue weighted by Gasteiger charge is 2.46. The van der Waals surface area contributed by atoms with Gasteiger partial charge >= 0.3 is 6.09 Å². The zero-order chi connectivity index (χ0) is 41.7. The van der Waals surface area contributed by atoms with Gasteiger partial charge in [-0.15, -0.1) is 0 Å². The van der Waals surface area contributed by atoms with Crippen LogP contribution in [0.3, 0.4) is 0 Å². The van der Waals surface area contributed by atoms with Crippen LogP contribution in [0.1, 0.15) is 110 Å². The summed E-state index contributed by atoms with van der Waals surface area (Å²) in [5, 5.41) is 5.38. The first kappa shape index (κ1) is 44.8. The lowest BCUT2D eigenvalue weighted by Crippen LogP contribution is -2.55. The van der Waals surface area contributed by atoms with Crippen LogP contribution < -0.4 is 16.4 Å². The number of primary amides is 1. The van der Waals surface area contributed by atoms with Gasteiger partial charge in [0.15, 0.2) is 11.6 Å². The van der Waals surface area contributed by atoms with Gasteiger partial charge in [-0.25, -0.2) is 4.79 Å². The number of nitrogens with zero attached hydrogens (tertiary/aromatic N) is 1. The van der Waals surface area contributed by atoms with E-state index in [2.05, 4.69) is 10.6 Å². The highest BCUT2D eigenvalue weighted by molar-refractivity contribution is 6.38. The van der Waals surface area contributed by atoms with E-state index in [1.807, 2.05) is 40.7 Å². The molecule has 57 heavy (non-hydrogen) atoms. The molecule has 2 aromatic carbocycles. The Morgan fingerprint density at radius 2 is 1.49 bits per heavy atom. The summed E-state index contributed by atoms with van der Waals surface area (Å²) >= 11 is 0. The van der Waals surface area contributed by atoms with Gasteiger partial charge in [-0.3, -0.25) is 28.8 Å². The van der Waals surface area contributed by atoms with Crippen molar-refractivity contribution in [2.24, 2.45) is 23.5 Å². The molecule has 1 saturated heterocycles. The molecule has 1 aliphatic carbocycles. The van der Waals surface area contributed by atoms with Crippen LogP contribution in [-0.2, 0) is 44.7 Å². The minimum absolute atomic E-state index is 0.0810. The Morgan fingerprint density at radius 3 is 2.09 bits per heavy atom. The van der Waals surface area contributed by atoms with Gasteiger partial charge in [-0.2, -0.15) is 0 Å². The van der Waals surface area contributed by atoms with E-state index in [0.717, 1.165) is 37.7 Å². The third-order valence-corrected chi connectivity index (χ3v) is 10.4. The van der Waals surface area contributed by atoms with E-state index in [9.17, 15) is 33.6 Å². The van der Waals surface area contributed by atoms with Gasteiger partial charge in [0.25, 0.3) is 0 Å². The Labute approximate surface area is 336 Å². The third-order valence-electron chi connectivity index (χ3n) is 10.4. The fourth-order valence-corrected chi connectivity index (χ4v) is 7.68. The molecule has 13 heteroatoms. The number of hydrogen-bond donors (Lipinski definition) is 3. The quantitative estimate of drug-likeness (QED) is 0.161. The van der Waals surface area contributed by atoms with E-state index in [-0.39, 0.29) is 50.7 Å². The Morgan fingerprint density at radius 1 is 0.860 bits per heavy atom. The first-order valence-corrected chi connectivity index (χ1v) is 20.2. The van der Waals surface area contributed by atoms with Crippen LogP contribution in [0.5, 0.6) is 0 Å². The van der Waals surface area contributed by atoms with E-state index in [4.69, 9.17) is 15.2 Å². The summed E-state index contributed by atoms with van der Waals surface area (Å²) in [6.45, 7) is 9.80. The fourth-order valence-electron chi connectivity index (χ4n) is 7.68. The van der Waals surface area contributed by atoms with Crippen LogP contribution in [0.25, 0.3) is 0 Å². The Balaban J connectivity index is 1.54. The molecule has 2 fully saturated rings. The van der Waals surface area contributed by atoms with E-state index in [1.54, 1.807) is 54.6 Å². The molecule has 0 bridgehead atoms. The number of benzene rings is 2. The minimum Gasteiger partial charge on any atom is -0.449 e. The zero-order valence-corrected chi connectivity index (χ0v) is 34.0. The maximum atomic E-state index is 14.6. The first-order chi connectivity index (χ1) is 27.0. The molecule has 1 unspecified atom stereocenters. The summed E-state index contributed by atoms with van der Waals surface area (Å²) in [5.41, 5.74) is 6.16. The minimum atomic E-state index is -1.12. The Bertz CT molecular complexity index is 1700. The smallest absolute Gasteiger partial charge is 0.407 e. The Hall–Kier alpha value is -4.91. The predicted molar refractivity (Wildman–Crippen MR) is 213 cm³/mol. The molecule has 0 spiro atoms. The largest absolute Gasteiger partial charge is 0.449 e. The van der Waals surface area contributed by atoms with Gasteiger partial charge in [0.05, 0.1) is 24.4 Å². The molecule has 0 radical (unpaired) electrons. The second kappa shape index (κ2) is 21.0. The molecule has 4 N–H and O–H groups in total. The summed E-state index contributed by atoms with van der Waals surface area (Å²) in [6, 6.07) is 14.4. The molecule has 4 amide bonds. The number of rotatable bonds is 19. The van der Waals surface area contributed by atoms with Crippen molar-refractivity contribution < 1.29 is 43.0 Å². The van der Waals surface area contributed by atoms with Gasteiger partial charge in [-0.1, -0.05) is 93.8 Å². The highest BCUT2D eigenvalue weighted by atomic mass is 16.5. The molecule has 0 aromatic heterocycles. The lowest BCUT2D eigenvalue weighted by atomic mass is 9.83. The van der Waals surface area contributed by atoms with Crippen LogP contribution in [0.15, 0.2) is 60.7 Å². The molecular formula is C44H60N4O9. The lowest BCUT2D eigenvalue weighted by molar-refractivity contribution is -0.143. The van der Waals surface area contributed by atoms with Gasteiger partial charge < -0.3 is 30.7 Å². The van der Waals surface area contributed by atoms with Gasteiger partial charge in [0.2, 0.25) is 23.5 Å². The topological polar surface area (TPSA) is 191 Å². The summed E-state index contributed by atoms with van der Waals surface area (Å²) in [6.07, 6.45) is 2.24. The summed E-state index contributed by atoms with van der Waals surface area (Å²) in [5.74, 6) is -4.98. The van der Waals surface area contributed by atoms with Crippen LogP contribution in [0, 0.1) is 17.8 Å². The summed E-state index contributed by atoms with van der Waals surface area (Å²) in [4.78, 5) is 95.8. The van der Waals surface area contributed by atoms with E-state index in [1.165, 1.54) is 4.90 Å². The van der Waals surface area contributed by atoms with E-state index in [0.29, 0.717) is 5.56 Å². The van der Waals surface area contributed by atoms with E-state index < -0.39 is 83.3 Å². The second-order valence-corrected chi connectivity index (χ2v) is 16.8. The van der Waals surface area contributed by atoms with Crippen LogP contribution in [-0.4, -0.2) is 83.0 Å². The highest BCUT2D eigenvalue weighted by Crippen LogP contribution is 2.32. The third kappa shape index (κ3) is 13.9. The van der Waals surface area contributed by atoms with Crippen LogP contribution in [0.2, 0.25) is 0 Å². The molecule has 2 aromatic rings. The number of nitrogens with two attached hydrogens (primary N) is 1. The fraction of sp³-hybridized carbons (Fsp3) is 0.568. The SMILES string of the molecule is CC(C)COC(=O)N[C@H](C(=O)N1C[C@H](OC(C)(C)C)C[C@H]1C(=O)CC(Cc1ccccc1)C(=O)C(=O)CCC(=O)N[C@H](C(N)=O)c1ccccc1)C1CCCCC1. The molecule has 1 heterocycles. The van der Waals surface area contributed by atoms with Crippen molar-refractivity contribution in [3.8, 4) is 0 Å². The number of likely N-dealkylation sites (tertiary alicyclic amines) is 1. The van der Waals surface area contributed by atoms with E-state index >= 15 is 0 Å². The number of ketones is 3. The molecule has 310 valence electrons. The van der Waals surface area contributed by atoms with Gasteiger partial charge in [0, 0.05) is 38.1 Å². The molecule has 13 nitrogen and oxygen atoms in total. The number of carbonyl (C=O) groups excluding carboxylic acids is 7. The van der Waals surface area contributed by atoms with Crippen molar-refractivity contribution in [1.29, 1.82) is 0 Å². The standard InChI is InChI=1S/C44H60N4O9/c1-28(2)27-56-43(55)47-39(31-19-13-8-14-20-31)42(54)48-26-33(57-44(3,4)5)25-34(48)36(50)24-32(23-29-15-9-6-10-16-29)40(52)35(49)21-22-37(51)46-38(41(45)53)30-17-11-7-12-18-30/h6-7,9-12,15-18,28,31-34,38-39H,8,13-14,19-27H2,1-5H3,(H2,45,53)(H,46,51)(H,47,55)/t32?,33-,34+,38+,39+/m1/s1. The number of nitrogens with one attached hydrogen (secondary N) is 2. The van der Waals surface area contributed by atoms with Gasteiger partial charge in [-0.05, 0) is 63.0 Å². The van der Waals surface area contributed by atoms with Crippen molar-refractivity contribution >= 4 is 41.2 Å². The first-order valence-electron chi connectivity index (χ1n) is 20.2. The number of carbonyl (C=O) groups is 7. The second-order valence-electron chi connectivity index (χ2n) is 16.8.